The minimum Gasteiger partial charge on any atom is -0.592 e. The number of hydrogen-bond donors (Lipinski definition) is 2. The molecule has 144 valence electrons. The maximum Gasteiger partial charge on any atom is 0.390 e. The number of aromatic amines is 1. The topological polar surface area (TPSA) is 106 Å². The number of halogens is 3. The minimum atomic E-state index is -4.31. The molecule has 0 radical (unpaired) electrons. The van der Waals surface area contributed by atoms with Gasteiger partial charge in [0.1, 0.15) is 34.9 Å². The summed E-state index contributed by atoms with van der Waals surface area (Å²) in [5.41, 5.74) is 1.31. The van der Waals surface area contributed by atoms with Crippen molar-refractivity contribution >= 4 is 28.2 Å². The average Bonchev–Trinajstić information content (AvgIpc) is 3.26. The number of anilines is 1. The summed E-state index contributed by atoms with van der Waals surface area (Å²) in [6.45, 7) is 0.503. The summed E-state index contributed by atoms with van der Waals surface area (Å²) in [5.74, 6) is 1.31. The molecule has 0 amide bonds. The van der Waals surface area contributed by atoms with Crippen LogP contribution in [0.5, 0.6) is 0 Å². The lowest BCUT2D eigenvalue weighted by Gasteiger charge is -2.27. The van der Waals surface area contributed by atoms with E-state index in [0.717, 1.165) is 11.2 Å². The number of alkyl halides is 3. The van der Waals surface area contributed by atoms with Crippen molar-refractivity contribution in [3.8, 4) is 0 Å². The maximum atomic E-state index is 12.3. The lowest BCUT2D eigenvalue weighted by molar-refractivity contribution is -0.132. The highest BCUT2D eigenvalue weighted by atomic mass is 32.2. The number of nitrogens with one attached hydrogen (secondary N) is 2. The zero-order chi connectivity index (χ0) is 19.0. The monoisotopic (exact) mass is 400 g/mol. The third-order valence-electron chi connectivity index (χ3n) is 4.24. The Morgan fingerprint density at radius 1 is 1.37 bits per heavy atom. The number of fused-ring (bicyclic) bond motifs is 2. The molecule has 0 bridgehead atoms. The molecule has 1 aliphatic rings. The van der Waals surface area contributed by atoms with Crippen LogP contribution in [0.4, 0.5) is 19.0 Å². The lowest BCUT2D eigenvalue weighted by Crippen LogP contribution is -2.33. The molecule has 4 rings (SSSR count). The number of aromatic nitrogens is 4. The highest BCUT2D eigenvalue weighted by Gasteiger charge is 2.33. The van der Waals surface area contributed by atoms with Crippen molar-refractivity contribution in [1.82, 2.24) is 24.8 Å². The Labute approximate surface area is 154 Å². The molecule has 3 aromatic rings. The number of hydrogen-bond acceptors (Lipinski definition) is 7. The summed E-state index contributed by atoms with van der Waals surface area (Å²) in [4.78, 5) is 13.5. The molecule has 0 spiro atoms. The van der Waals surface area contributed by atoms with Crippen molar-refractivity contribution in [3.05, 3.63) is 29.9 Å². The molecule has 0 aromatic carbocycles. The van der Waals surface area contributed by atoms with Gasteiger partial charge in [-0.15, -0.1) is 4.72 Å². The van der Waals surface area contributed by atoms with Crippen LogP contribution < -0.4 is 9.62 Å². The summed E-state index contributed by atoms with van der Waals surface area (Å²) >= 11 is -1.89. The fraction of sp³-hybridized carbons (Fsp3) is 0.400. The Morgan fingerprint density at radius 2 is 2.22 bits per heavy atom. The van der Waals surface area contributed by atoms with Crippen molar-refractivity contribution in [2.45, 2.75) is 30.6 Å². The van der Waals surface area contributed by atoms with Crippen molar-refractivity contribution in [1.29, 1.82) is 0 Å². The highest BCUT2D eigenvalue weighted by molar-refractivity contribution is 7.89. The van der Waals surface area contributed by atoms with E-state index in [0.29, 0.717) is 36.5 Å². The van der Waals surface area contributed by atoms with Gasteiger partial charge < -0.3 is 19.0 Å². The smallest absolute Gasteiger partial charge is 0.390 e. The molecule has 3 aromatic heterocycles. The predicted molar refractivity (Wildman–Crippen MR) is 90.2 cm³/mol. The summed E-state index contributed by atoms with van der Waals surface area (Å²) in [6, 6.07) is 1.87. The van der Waals surface area contributed by atoms with Crippen LogP contribution in [0.1, 0.15) is 17.7 Å². The van der Waals surface area contributed by atoms with Crippen LogP contribution in [0.2, 0.25) is 0 Å². The Bertz CT molecular complexity index is 943. The van der Waals surface area contributed by atoms with E-state index in [2.05, 4.69) is 24.8 Å². The second kappa shape index (κ2) is 7.02. The van der Waals surface area contributed by atoms with Gasteiger partial charge in [0.2, 0.25) is 0 Å². The van der Waals surface area contributed by atoms with E-state index >= 15 is 0 Å². The number of rotatable bonds is 5. The Balaban J connectivity index is 1.52. The van der Waals surface area contributed by atoms with E-state index < -0.39 is 30.5 Å². The van der Waals surface area contributed by atoms with Crippen LogP contribution >= 0.6 is 0 Å². The first-order valence-corrected chi connectivity index (χ1v) is 9.30. The molecule has 2 N–H and O–H groups in total. The van der Waals surface area contributed by atoms with Gasteiger partial charge in [-0.2, -0.15) is 13.2 Å². The zero-order valence-corrected chi connectivity index (χ0v) is 14.7. The van der Waals surface area contributed by atoms with Gasteiger partial charge in [-0.25, -0.2) is 9.97 Å². The molecule has 27 heavy (non-hydrogen) atoms. The number of nitrogens with zero attached hydrogens (tertiary/aromatic N) is 4. The zero-order valence-electron chi connectivity index (χ0n) is 13.9. The van der Waals surface area contributed by atoms with Crippen molar-refractivity contribution in [2.24, 2.45) is 0 Å². The summed E-state index contributed by atoms with van der Waals surface area (Å²) < 4.78 is 56.7. The second-order valence-corrected chi connectivity index (χ2v) is 7.24. The fourth-order valence-corrected chi connectivity index (χ4v) is 3.91. The molecule has 0 fully saturated rings. The molecule has 0 saturated heterocycles. The largest absolute Gasteiger partial charge is 0.592 e. The van der Waals surface area contributed by atoms with Gasteiger partial charge in [0.15, 0.2) is 0 Å². The van der Waals surface area contributed by atoms with Crippen LogP contribution in [-0.4, -0.2) is 43.9 Å². The third-order valence-corrected chi connectivity index (χ3v) is 5.38. The molecular formula is C15H15F3N6O2S. The summed E-state index contributed by atoms with van der Waals surface area (Å²) in [5, 5.41) is 4.78. The van der Waals surface area contributed by atoms with E-state index in [1.54, 1.807) is 6.20 Å². The first kappa shape index (κ1) is 18.1. The summed E-state index contributed by atoms with van der Waals surface area (Å²) in [7, 11) is 0. The van der Waals surface area contributed by atoms with E-state index in [4.69, 9.17) is 4.52 Å². The van der Waals surface area contributed by atoms with Crippen molar-refractivity contribution in [3.63, 3.8) is 0 Å². The molecule has 12 heteroatoms. The fourth-order valence-electron chi connectivity index (χ4n) is 2.98. The van der Waals surface area contributed by atoms with Crippen LogP contribution in [0.25, 0.3) is 11.0 Å². The van der Waals surface area contributed by atoms with E-state index in [9.17, 15) is 17.7 Å². The molecule has 1 atom stereocenters. The van der Waals surface area contributed by atoms with E-state index in [1.165, 1.54) is 6.33 Å². The van der Waals surface area contributed by atoms with Gasteiger partial charge in [-0.05, 0) is 11.2 Å². The standard InChI is InChI=1S/C15H15F3N6O2S/c16-15(17,18)3-5-22-27(25)14-10-7-24(6-2-11(10)26-23-14)13-9-1-4-19-12(9)20-8-21-13/h1,4,8,22H,2-3,5-7H2,(H,19,20,21). The quantitative estimate of drug-likeness (QED) is 0.632. The predicted octanol–water partition coefficient (Wildman–Crippen LogP) is 2.07. The van der Waals surface area contributed by atoms with E-state index in [-0.39, 0.29) is 5.03 Å². The summed E-state index contributed by atoms with van der Waals surface area (Å²) in [6.07, 6.45) is -1.64. The molecule has 0 saturated carbocycles. The van der Waals surface area contributed by atoms with Gasteiger partial charge in [0.05, 0.1) is 30.5 Å². The first-order valence-electron chi connectivity index (χ1n) is 8.15. The van der Waals surface area contributed by atoms with Gasteiger partial charge >= 0.3 is 11.2 Å². The molecule has 8 nitrogen and oxygen atoms in total. The molecule has 0 aliphatic carbocycles. The van der Waals surface area contributed by atoms with Crippen LogP contribution in [-0.2, 0) is 24.3 Å². The van der Waals surface area contributed by atoms with Gasteiger partial charge in [-0.1, -0.05) is 0 Å². The molecule has 4 heterocycles. The lowest BCUT2D eigenvalue weighted by atomic mass is 10.1. The Hall–Kier alpha value is -2.31. The first-order chi connectivity index (χ1) is 12.9. The Kier molecular flexibility index (Phi) is 4.70. The Morgan fingerprint density at radius 3 is 3.04 bits per heavy atom. The average molecular weight is 400 g/mol. The van der Waals surface area contributed by atoms with Gasteiger partial charge in [0, 0.05) is 19.2 Å². The molecular weight excluding hydrogens is 385 g/mol. The second-order valence-electron chi connectivity index (χ2n) is 6.03. The normalized spacial score (nSPS) is 15.9. The molecule has 1 aliphatic heterocycles. The van der Waals surface area contributed by atoms with Crippen LogP contribution in [0.15, 0.2) is 28.1 Å². The third kappa shape index (κ3) is 3.73. The SMILES string of the molecule is [O-][S+](NCCC(F)(F)F)c1noc2c1CN(c1ncnc3[nH]ccc13)CC2. The highest BCUT2D eigenvalue weighted by Crippen LogP contribution is 2.31. The minimum absolute atomic E-state index is 0.122. The maximum absolute atomic E-state index is 12.3. The van der Waals surface area contributed by atoms with Crippen molar-refractivity contribution < 1.29 is 22.2 Å². The molecule has 1 unspecified atom stereocenters. The van der Waals surface area contributed by atoms with Crippen molar-refractivity contribution in [2.75, 3.05) is 18.0 Å². The van der Waals surface area contributed by atoms with E-state index in [1.807, 2.05) is 11.0 Å². The van der Waals surface area contributed by atoms with Crippen LogP contribution in [0.3, 0.4) is 0 Å². The van der Waals surface area contributed by atoms with Gasteiger partial charge in [0.25, 0.3) is 0 Å². The number of H-pyrrole nitrogens is 1. The van der Waals surface area contributed by atoms with Gasteiger partial charge in [-0.3, -0.25) is 0 Å². The van der Waals surface area contributed by atoms with Crippen LogP contribution in [0, 0.1) is 0 Å².